The first-order valence-corrected chi connectivity index (χ1v) is 4.88. The van der Waals surface area contributed by atoms with Crippen molar-refractivity contribution in [3.8, 4) is 0 Å². The fourth-order valence-electron chi connectivity index (χ4n) is 1.63. The number of hydrogen-bond acceptors (Lipinski definition) is 4. The first-order valence-electron chi connectivity index (χ1n) is 4.88. The van der Waals surface area contributed by atoms with Crippen molar-refractivity contribution in [3.63, 3.8) is 0 Å². The lowest BCUT2D eigenvalue weighted by atomic mass is 10.2. The molecule has 0 radical (unpaired) electrons. The zero-order valence-corrected chi connectivity index (χ0v) is 8.96. The lowest BCUT2D eigenvalue weighted by molar-refractivity contribution is 0.0520. The van der Waals surface area contributed by atoms with Crippen LogP contribution in [0.2, 0.25) is 0 Å². The highest BCUT2D eigenvalue weighted by atomic mass is 16.5. The number of ether oxygens (including phenoxy) is 1. The molecule has 0 amide bonds. The summed E-state index contributed by atoms with van der Waals surface area (Å²) in [6.45, 7) is 3.72. The third-order valence-corrected chi connectivity index (χ3v) is 2.35. The largest absolute Gasteiger partial charge is 0.461 e. The molecule has 0 spiro atoms. The van der Waals surface area contributed by atoms with Crippen LogP contribution in [-0.2, 0) is 4.74 Å². The molecule has 0 aliphatic carbocycles. The summed E-state index contributed by atoms with van der Waals surface area (Å²) in [5.41, 5.74) is 1.10. The Hall–Kier alpha value is -2.11. The minimum atomic E-state index is -0.462. The van der Waals surface area contributed by atoms with E-state index in [0.29, 0.717) is 28.8 Å². The van der Waals surface area contributed by atoms with E-state index in [0.717, 1.165) is 0 Å². The molecule has 0 bridgehead atoms. The first kappa shape index (κ1) is 10.4. The highest BCUT2D eigenvalue weighted by molar-refractivity contribution is 5.97. The Bertz CT molecular complexity index is 597. The molecule has 16 heavy (non-hydrogen) atoms. The lowest BCUT2D eigenvalue weighted by Gasteiger charge is -1.99. The maximum Gasteiger partial charge on any atom is 0.355 e. The fourth-order valence-corrected chi connectivity index (χ4v) is 1.63. The van der Waals surface area contributed by atoms with E-state index in [9.17, 15) is 9.59 Å². The van der Waals surface area contributed by atoms with E-state index in [4.69, 9.17) is 4.74 Å². The molecule has 0 atom stereocenters. The second-order valence-corrected chi connectivity index (χ2v) is 3.33. The van der Waals surface area contributed by atoms with Gasteiger partial charge in [0.05, 0.1) is 23.7 Å². The van der Waals surface area contributed by atoms with Gasteiger partial charge in [-0.15, -0.1) is 0 Å². The molecule has 2 rings (SSSR count). The van der Waals surface area contributed by atoms with Crippen molar-refractivity contribution < 1.29 is 9.53 Å². The zero-order valence-electron chi connectivity index (χ0n) is 8.96. The standard InChI is InChI=1S/C10H11N3O3/c1-3-16-10(15)8-5(2)7-6(12-8)4-11-13-9(7)14/h4,12H,3H2,1-2H3,(H,13,14). The Morgan fingerprint density at radius 2 is 2.31 bits per heavy atom. The minimum Gasteiger partial charge on any atom is -0.461 e. The Morgan fingerprint density at radius 3 is 2.94 bits per heavy atom. The number of esters is 1. The van der Waals surface area contributed by atoms with Crippen molar-refractivity contribution in [2.24, 2.45) is 0 Å². The van der Waals surface area contributed by atoms with Gasteiger partial charge in [-0.3, -0.25) is 4.79 Å². The summed E-state index contributed by atoms with van der Waals surface area (Å²) in [4.78, 5) is 25.9. The molecule has 2 aromatic heterocycles. The molecular formula is C10H11N3O3. The highest BCUT2D eigenvalue weighted by Gasteiger charge is 2.17. The van der Waals surface area contributed by atoms with Crippen LogP contribution in [0.4, 0.5) is 0 Å². The average Bonchev–Trinajstić information content (AvgIpc) is 2.58. The topological polar surface area (TPSA) is 87.8 Å². The maximum atomic E-state index is 11.6. The van der Waals surface area contributed by atoms with Gasteiger partial charge in [0.1, 0.15) is 5.69 Å². The van der Waals surface area contributed by atoms with E-state index < -0.39 is 5.97 Å². The summed E-state index contributed by atoms with van der Waals surface area (Å²) >= 11 is 0. The van der Waals surface area contributed by atoms with Crippen LogP contribution in [0.3, 0.4) is 0 Å². The van der Waals surface area contributed by atoms with Crippen LogP contribution in [0, 0.1) is 6.92 Å². The van der Waals surface area contributed by atoms with Crippen LogP contribution < -0.4 is 5.56 Å². The second kappa shape index (κ2) is 3.80. The molecule has 84 valence electrons. The molecule has 2 aromatic rings. The van der Waals surface area contributed by atoms with Gasteiger partial charge in [-0.1, -0.05) is 0 Å². The Morgan fingerprint density at radius 1 is 1.56 bits per heavy atom. The number of aryl methyl sites for hydroxylation is 1. The van der Waals surface area contributed by atoms with E-state index >= 15 is 0 Å². The van der Waals surface area contributed by atoms with Crippen LogP contribution in [-0.4, -0.2) is 27.8 Å². The summed E-state index contributed by atoms with van der Waals surface area (Å²) in [5, 5.41) is 6.42. The van der Waals surface area contributed by atoms with Crippen LogP contribution in [0.25, 0.3) is 10.9 Å². The molecule has 0 aliphatic rings. The zero-order chi connectivity index (χ0) is 11.7. The monoisotopic (exact) mass is 221 g/mol. The molecular weight excluding hydrogens is 210 g/mol. The Kier molecular flexibility index (Phi) is 2.47. The first-order chi connectivity index (χ1) is 7.65. The molecule has 2 heterocycles. The van der Waals surface area contributed by atoms with Gasteiger partial charge in [0.25, 0.3) is 5.56 Å². The van der Waals surface area contributed by atoms with Gasteiger partial charge in [0.15, 0.2) is 0 Å². The second-order valence-electron chi connectivity index (χ2n) is 3.33. The number of carbonyl (C=O) groups excluding carboxylic acids is 1. The van der Waals surface area contributed by atoms with Crippen molar-refractivity contribution in [2.75, 3.05) is 6.61 Å². The van der Waals surface area contributed by atoms with E-state index in [1.807, 2.05) is 0 Å². The molecule has 6 nitrogen and oxygen atoms in total. The van der Waals surface area contributed by atoms with E-state index in [2.05, 4.69) is 15.2 Å². The summed E-state index contributed by atoms with van der Waals surface area (Å²) in [5.74, 6) is -0.462. The number of H-pyrrole nitrogens is 2. The normalized spacial score (nSPS) is 10.6. The molecule has 0 saturated heterocycles. The van der Waals surface area contributed by atoms with Crippen LogP contribution in [0.1, 0.15) is 23.0 Å². The number of hydrogen-bond donors (Lipinski definition) is 2. The van der Waals surface area contributed by atoms with Gasteiger partial charge in [-0.05, 0) is 19.4 Å². The van der Waals surface area contributed by atoms with Crippen LogP contribution in [0.5, 0.6) is 0 Å². The molecule has 0 aromatic carbocycles. The fraction of sp³-hybridized carbons (Fsp3) is 0.300. The SMILES string of the molecule is CCOC(=O)c1[nH]c2cn[nH]c(=O)c2c1C. The van der Waals surface area contributed by atoms with Gasteiger partial charge in [0.2, 0.25) is 0 Å². The van der Waals surface area contributed by atoms with Gasteiger partial charge < -0.3 is 9.72 Å². The summed E-state index contributed by atoms with van der Waals surface area (Å²) in [6.07, 6.45) is 1.46. The van der Waals surface area contributed by atoms with E-state index in [1.54, 1.807) is 13.8 Å². The predicted octanol–water partition coefficient (Wildman–Crippen LogP) is 0.736. The maximum absolute atomic E-state index is 11.6. The number of aromatic amines is 2. The predicted molar refractivity (Wildman–Crippen MR) is 57.4 cm³/mol. The molecule has 6 heteroatoms. The number of aromatic nitrogens is 3. The van der Waals surface area contributed by atoms with Gasteiger partial charge in [-0.25, -0.2) is 9.89 Å². The molecule has 0 aliphatic heterocycles. The smallest absolute Gasteiger partial charge is 0.355 e. The molecule has 2 N–H and O–H groups in total. The summed E-state index contributed by atoms with van der Waals surface area (Å²) in [7, 11) is 0. The van der Waals surface area contributed by atoms with Crippen molar-refractivity contribution in [3.05, 3.63) is 27.8 Å². The molecule has 0 unspecified atom stereocenters. The average molecular weight is 221 g/mol. The van der Waals surface area contributed by atoms with Crippen LogP contribution >= 0.6 is 0 Å². The quantitative estimate of drug-likeness (QED) is 0.732. The number of nitrogens with zero attached hydrogens (tertiary/aromatic N) is 1. The van der Waals surface area contributed by atoms with Crippen molar-refractivity contribution in [2.45, 2.75) is 13.8 Å². The Labute approximate surface area is 90.6 Å². The highest BCUT2D eigenvalue weighted by Crippen LogP contribution is 2.17. The number of carbonyl (C=O) groups is 1. The number of fused-ring (bicyclic) bond motifs is 1. The van der Waals surface area contributed by atoms with Crippen molar-refractivity contribution in [1.29, 1.82) is 0 Å². The van der Waals surface area contributed by atoms with Crippen LogP contribution in [0.15, 0.2) is 11.0 Å². The van der Waals surface area contributed by atoms with Crippen molar-refractivity contribution in [1.82, 2.24) is 15.2 Å². The van der Waals surface area contributed by atoms with Gasteiger partial charge in [0, 0.05) is 0 Å². The third-order valence-electron chi connectivity index (χ3n) is 2.35. The molecule has 0 saturated carbocycles. The number of rotatable bonds is 2. The Balaban J connectivity index is 2.65. The lowest BCUT2D eigenvalue weighted by Crippen LogP contribution is -2.08. The third kappa shape index (κ3) is 1.48. The van der Waals surface area contributed by atoms with E-state index in [1.165, 1.54) is 6.20 Å². The summed E-state index contributed by atoms with van der Waals surface area (Å²) in [6, 6.07) is 0. The van der Waals surface area contributed by atoms with Crippen molar-refractivity contribution >= 4 is 16.9 Å². The summed E-state index contributed by atoms with van der Waals surface area (Å²) < 4.78 is 4.88. The van der Waals surface area contributed by atoms with E-state index in [-0.39, 0.29) is 5.56 Å². The van der Waals surface area contributed by atoms with Gasteiger partial charge in [-0.2, -0.15) is 5.10 Å². The number of nitrogens with one attached hydrogen (secondary N) is 2. The minimum absolute atomic E-state index is 0.294. The molecule has 0 fully saturated rings. The van der Waals surface area contributed by atoms with Gasteiger partial charge >= 0.3 is 5.97 Å².